The summed E-state index contributed by atoms with van der Waals surface area (Å²) in [6, 6.07) is 5.98. The SMILES string of the molecule is CCc1ccc(Cc2cc(N)nc(C(C)(C)C)n2)nc1. The summed E-state index contributed by atoms with van der Waals surface area (Å²) in [6.07, 6.45) is 3.60. The lowest BCUT2D eigenvalue weighted by Gasteiger charge is -2.17. The van der Waals surface area contributed by atoms with Gasteiger partial charge in [-0.2, -0.15) is 0 Å². The van der Waals surface area contributed by atoms with Crippen LogP contribution in [-0.4, -0.2) is 15.0 Å². The smallest absolute Gasteiger partial charge is 0.136 e. The lowest BCUT2D eigenvalue weighted by Crippen LogP contribution is -2.18. The lowest BCUT2D eigenvalue weighted by molar-refractivity contribution is 0.543. The molecule has 20 heavy (non-hydrogen) atoms. The Bertz CT molecular complexity index is 582. The van der Waals surface area contributed by atoms with E-state index in [0.29, 0.717) is 12.2 Å². The second-order valence-corrected chi connectivity index (χ2v) is 6.05. The molecule has 0 bridgehead atoms. The molecule has 0 amide bonds. The fraction of sp³-hybridized carbons (Fsp3) is 0.438. The zero-order valence-electron chi connectivity index (χ0n) is 12.6. The zero-order chi connectivity index (χ0) is 14.8. The molecule has 0 aliphatic heterocycles. The Labute approximate surface area is 120 Å². The van der Waals surface area contributed by atoms with E-state index in [1.165, 1.54) is 5.56 Å². The number of pyridine rings is 1. The first-order valence-corrected chi connectivity index (χ1v) is 6.96. The second-order valence-electron chi connectivity index (χ2n) is 6.05. The highest BCUT2D eigenvalue weighted by molar-refractivity contribution is 5.33. The first-order chi connectivity index (χ1) is 9.38. The van der Waals surface area contributed by atoms with E-state index in [0.717, 1.165) is 23.6 Å². The van der Waals surface area contributed by atoms with Gasteiger partial charge in [0.2, 0.25) is 0 Å². The number of rotatable bonds is 3. The zero-order valence-corrected chi connectivity index (χ0v) is 12.6. The van der Waals surface area contributed by atoms with Gasteiger partial charge in [0.15, 0.2) is 0 Å². The molecule has 0 fully saturated rings. The number of hydrogen-bond acceptors (Lipinski definition) is 4. The van der Waals surface area contributed by atoms with E-state index in [-0.39, 0.29) is 5.41 Å². The van der Waals surface area contributed by atoms with E-state index in [9.17, 15) is 0 Å². The summed E-state index contributed by atoms with van der Waals surface area (Å²) in [7, 11) is 0. The normalized spacial score (nSPS) is 11.6. The molecule has 2 aromatic rings. The van der Waals surface area contributed by atoms with Gasteiger partial charge in [-0.25, -0.2) is 9.97 Å². The van der Waals surface area contributed by atoms with Gasteiger partial charge in [-0.15, -0.1) is 0 Å². The van der Waals surface area contributed by atoms with Gasteiger partial charge in [-0.3, -0.25) is 4.98 Å². The fourth-order valence-corrected chi connectivity index (χ4v) is 1.90. The van der Waals surface area contributed by atoms with Gasteiger partial charge in [0.25, 0.3) is 0 Å². The largest absolute Gasteiger partial charge is 0.384 e. The predicted molar refractivity (Wildman–Crippen MR) is 81.6 cm³/mol. The van der Waals surface area contributed by atoms with Crippen molar-refractivity contribution >= 4 is 5.82 Å². The summed E-state index contributed by atoms with van der Waals surface area (Å²) < 4.78 is 0. The van der Waals surface area contributed by atoms with E-state index in [2.05, 4.69) is 48.7 Å². The van der Waals surface area contributed by atoms with E-state index in [4.69, 9.17) is 5.73 Å². The number of aryl methyl sites for hydroxylation is 1. The van der Waals surface area contributed by atoms with Gasteiger partial charge in [0.05, 0.1) is 5.69 Å². The maximum atomic E-state index is 5.88. The molecule has 0 aromatic carbocycles. The van der Waals surface area contributed by atoms with Crippen molar-refractivity contribution in [2.24, 2.45) is 0 Å². The molecular formula is C16H22N4. The third kappa shape index (κ3) is 3.53. The number of aromatic nitrogens is 3. The topological polar surface area (TPSA) is 64.7 Å². The van der Waals surface area contributed by atoms with Crippen molar-refractivity contribution in [2.75, 3.05) is 5.73 Å². The number of hydrogen-bond donors (Lipinski definition) is 1. The highest BCUT2D eigenvalue weighted by Crippen LogP contribution is 2.20. The molecule has 0 unspecified atom stereocenters. The van der Waals surface area contributed by atoms with E-state index in [1.54, 1.807) is 0 Å². The van der Waals surface area contributed by atoms with Gasteiger partial charge < -0.3 is 5.73 Å². The summed E-state index contributed by atoms with van der Waals surface area (Å²) in [5.74, 6) is 1.29. The van der Waals surface area contributed by atoms with Crippen LogP contribution in [0, 0.1) is 0 Å². The Morgan fingerprint density at radius 1 is 1.10 bits per heavy atom. The molecule has 0 atom stereocenters. The van der Waals surface area contributed by atoms with E-state index in [1.807, 2.05) is 18.3 Å². The van der Waals surface area contributed by atoms with Gasteiger partial charge in [-0.05, 0) is 18.1 Å². The first kappa shape index (κ1) is 14.4. The van der Waals surface area contributed by atoms with E-state index >= 15 is 0 Å². The summed E-state index contributed by atoms with van der Waals surface area (Å²) in [4.78, 5) is 13.4. The molecule has 0 radical (unpaired) electrons. The molecule has 2 aromatic heterocycles. The van der Waals surface area contributed by atoms with Crippen molar-refractivity contribution in [2.45, 2.75) is 46.0 Å². The third-order valence-electron chi connectivity index (χ3n) is 3.13. The van der Waals surface area contributed by atoms with E-state index < -0.39 is 0 Å². The van der Waals surface area contributed by atoms with Crippen LogP contribution >= 0.6 is 0 Å². The number of anilines is 1. The van der Waals surface area contributed by atoms with Crippen LogP contribution in [0.1, 0.15) is 50.5 Å². The molecule has 0 saturated carbocycles. The van der Waals surface area contributed by atoms with Crippen molar-refractivity contribution < 1.29 is 0 Å². The Kier molecular flexibility index (Phi) is 4.02. The average molecular weight is 270 g/mol. The van der Waals surface area contributed by atoms with Crippen LogP contribution in [-0.2, 0) is 18.3 Å². The fourth-order valence-electron chi connectivity index (χ4n) is 1.90. The number of nitrogens with two attached hydrogens (primary N) is 1. The first-order valence-electron chi connectivity index (χ1n) is 6.96. The standard InChI is InChI=1S/C16H22N4/c1-5-11-6-7-12(18-10-11)8-13-9-14(17)20-15(19-13)16(2,3)4/h6-7,9-10H,5,8H2,1-4H3,(H2,17,19,20). The van der Waals surface area contributed by atoms with Crippen LogP contribution in [0.4, 0.5) is 5.82 Å². The highest BCUT2D eigenvalue weighted by Gasteiger charge is 2.18. The number of nitrogen functional groups attached to an aromatic ring is 1. The average Bonchev–Trinajstić information content (AvgIpc) is 2.38. The monoisotopic (exact) mass is 270 g/mol. The highest BCUT2D eigenvalue weighted by atomic mass is 15.0. The molecule has 2 heterocycles. The van der Waals surface area contributed by atoms with Crippen molar-refractivity contribution in [3.8, 4) is 0 Å². The Hall–Kier alpha value is -1.97. The van der Waals surface area contributed by atoms with Crippen LogP contribution in [0.2, 0.25) is 0 Å². The molecule has 0 saturated heterocycles. The quantitative estimate of drug-likeness (QED) is 0.931. The van der Waals surface area contributed by atoms with Crippen molar-refractivity contribution in [1.82, 2.24) is 15.0 Å². The summed E-state index contributed by atoms with van der Waals surface area (Å²) in [6.45, 7) is 8.37. The molecule has 2 rings (SSSR count). The molecule has 4 nitrogen and oxygen atoms in total. The van der Waals surface area contributed by atoms with Gasteiger partial charge >= 0.3 is 0 Å². The minimum atomic E-state index is -0.108. The van der Waals surface area contributed by atoms with Crippen molar-refractivity contribution in [3.63, 3.8) is 0 Å². The van der Waals surface area contributed by atoms with Crippen LogP contribution < -0.4 is 5.73 Å². The van der Waals surface area contributed by atoms with Gasteiger partial charge in [0.1, 0.15) is 11.6 Å². The maximum Gasteiger partial charge on any atom is 0.136 e. The molecule has 4 heteroatoms. The summed E-state index contributed by atoms with van der Waals surface area (Å²) >= 11 is 0. The van der Waals surface area contributed by atoms with Crippen LogP contribution in [0.3, 0.4) is 0 Å². The maximum absolute atomic E-state index is 5.88. The molecular weight excluding hydrogens is 248 g/mol. The van der Waals surface area contributed by atoms with Crippen LogP contribution in [0.15, 0.2) is 24.4 Å². The Morgan fingerprint density at radius 3 is 2.40 bits per heavy atom. The minimum absolute atomic E-state index is 0.108. The molecule has 0 aliphatic rings. The lowest BCUT2D eigenvalue weighted by atomic mass is 9.95. The summed E-state index contributed by atoms with van der Waals surface area (Å²) in [5.41, 5.74) is 8.93. The molecule has 0 aliphatic carbocycles. The Balaban J connectivity index is 2.26. The third-order valence-corrected chi connectivity index (χ3v) is 3.13. The number of nitrogens with zero attached hydrogens (tertiary/aromatic N) is 3. The predicted octanol–water partition coefficient (Wildman–Crippen LogP) is 2.90. The molecule has 2 N–H and O–H groups in total. The van der Waals surface area contributed by atoms with Crippen molar-refractivity contribution in [3.05, 3.63) is 47.2 Å². The van der Waals surface area contributed by atoms with Crippen LogP contribution in [0.5, 0.6) is 0 Å². The summed E-state index contributed by atoms with van der Waals surface area (Å²) in [5, 5.41) is 0. The molecule has 0 spiro atoms. The van der Waals surface area contributed by atoms with Crippen LogP contribution in [0.25, 0.3) is 0 Å². The molecule has 106 valence electrons. The van der Waals surface area contributed by atoms with Gasteiger partial charge in [-0.1, -0.05) is 33.8 Å². The van der Waals surface area contributed by atoms with Crippen molar-refractivity contribution in [1.29, 1.82) is 0 Å². The van der Waals surface area contributed by atoms with Gasteiger partial charge in [0, 0.05) is 29.8 Å². The second kappa shape index (κ2) is 5.57. The minimum Gasteiger partial charge on any atom is -0.384 e. The Morgan fingerprint density at radius 2 is 1.85 bits per heavy atom.